The van der Waals surface area contributed by atoms with E-state index in [2.05, 4.69) is 6.07 Å². The summed E-state index contributed by atoms with van der Waals surface area (Å²) < 4.78 is 0. The summed E-state index contributed by atoms with van der Waals surface area (Å²) in [5, 5.41) is 9.25. The van der Waals surface area contributed by atoms with Gasteiger partial charge in [0.05, 0.1) is 23.9 Å². The zero-order valence-corrected chi connectivity index (χ0v) is 12.7. The van der Waals surface area contributed by atoms with Gasteiger partial charge in [-0.15, -0.1) is 0 Å². The maximum absolute atomic E-state index is 12.7. The minimum Gasteiger partial charge on any atom is -0.369 e. The zero-order valence-electron chi connectivity index (χ0n) is 12.7. The average molecular weight is 292 g/mol. The smallest absolute Gasteiger partial charge is 0.231 e. The van der Waals surface area contributed by atoms with E-state index < -0.39 is 5.41 Å². The number of nitrogens with zero attached hydrogens (tertiary/aromatic N) is 3. The lowest BCUT2D eigenvalue weighted by Crippen LogP contribution is -2.50. The van der Waals surface area contributed by atoms with Gasteiger partial charge in [0.2, 0.25) is 11.8 Å². The highest BCUT2D eigenvalue weighted by Crippen LogP contribution is 2.30. The number of rotatable bonds is 3. The highest BCUT2D eigenvalue weighted by Gasteiger charge is 2.36. The summed E-state index contributed by atoms with van der Waals surface area (Å²) >= 11 is 0. The molecule has 2 aliphatic heterocycles. The average Bonchev–Trinajstić information content (AvgIpc) is 2.46. The molecule has 2 amide bonds. The normalized spacial score (nSPS) is 30.7. The Morgan fingerprint density at radius 1 is 1.38 bits per heavy atom. The minimum absolute atomic E-state index is 0.0702. The largest absolute Gasteiger partial charge is 0.369 e. The van der Waals surface area contributed by atoms with Crippen LogP contribution in [0.2, 0.25) is 0 Å². The van der Waals surface area contributed by atoms with Gasteiger partial charge >= 0.3 is 0 Å². The third-order valence-electron chi connectivity index (χ3n) is 4.51. The van der Waals surface area contributed by atoms with Crippen LogP contribution in [-0.2, 0) is 9.59 Å². The van der Waals surface area contributed by atoms with Crippen molar-refractivity contribution in [1.82, 2.24) is 9.80 Å². The molecule has 0 aromatic carbocycles. The van der Waals surface area contributed by atoms with E-state index >= 15 is 0 Å². The van der Waals surface area contributed by atoms with E-state index in [4.69, 9.17) is 5.73 Å². The maximum atomic E-state index is 12.7. The van der Waals surface area contributed by atoms with E-state index in [0.29, 0.717) is 13.1 Å². The number of amides is 2. The first-order valence-electron chi connectivity index (χ1n) is 7.64. The first-order valence-corrected chi connectivity index (χ1v) is 7.64. The van der Waals surface area contributed by atoms with Crippen molar-refractivity contribution in [3.05, 3.63) is 0 Å². The highest BCUT2D eigenvalue weighted by atomic mass is 16.2. The first kappa shape index (κ1) is 15.8. The number of carbonyl (C=O) groups excluding carboxylic acids is 2. The molecule has 6 nitrogen and oxygen atoms in total. The molecule has 0 spiro atoms. The molecule has 2 N–H and O–H groups in total. The number of carbonyl (C=O) groups is 2. The zero-order chi connectivity index (χ0) is 15.5. The molecule has 0 saturated carbocycles. The fourth-order valence-corrected chi connectivity index (χ4v) is 3.40. The first-order chi connectivity index (χ1) is 9.93. The topological polar surface area (TPSA) is 90.4 Å². The maximum Gasteiger partial charge on any atom is 0.231 e. The van der Waals surface area contributed by atoms with Gasteiger partial charge in [-0.2, -0.15) is 5.26 Å². The van der Waals surface area contributed by atoms with Crippen LogP contribution in [0.25, 0.3) is 0 Å². The van der Waals surface area contributed by atoms with Crippen LogP contribution in [0.3, 0.4) is 0 Å². The molecule has 0 radical (unpaired) electrons. The number of piperidine rings is 2. The summed E-state index contributed by atoms with van der Waals surface area (Å²) in [5.41, 5.74) is 4.81. The van der Waals surface area contributed by atoms with Crippen LogP contribution >= 0.6 is 0 Å². The van der Waals surface area contributed by atoms with Crippen molar-refractivity contribution in [2.75, 3.05) is 32.7 Å². The number of primary amides is 1. The third kappa shape index (κ3) is 3.94. The molecule has 2 aliphatic rings. The van der Waals surface area contributed by atoms with Gasteiger partial charge in [0.1, 0.15) is 0 Å². The lowest BCUT2D eigenvalue weighted by Gasteiger charge is -2.39. The molecule has 116 valence electrons. The standard InChI is InChI=1S/C15H24N4O2/c1-15(10-16)5-3-7-19(11-15)14(21)12-4-2-6-18(8-12)9-13(17)20/h12H,2-9,11H2,1H3,(H2,17,20). The van der Waals surface area contributed by atoms with E-state index in [1.807, 2.05) is 16.7 Å². The fourth-order valence-electron chi connectivity index (χ4n) is 3.40. The van der Waals surface area contributed by atoms with Crippen molar-refractivity contribution >= 4 is 11.8 Å². The van der Waals surface area contributed by atoms with Gasteiger partial charge in [0, 0.05) is 19.6 Å². The lowest BCUT2D eigenvalue weighted by atomic mass is 9.82. The van der Waals surface area contributed by atoms with Gasteiger partial charge in [-0.05, 0) is 39.2 Å². The predicted molar refractivity (Wildman–Crippen MR) is 77.9 cm³/mol. The van der Waals surface area contributed by atoms with E-state index in [9.17, 15) is 14.9 Å². The van der Waals surface area contributed by atoms with Gasteiger partial charge in [0.15, 0.2) is 0 Å². The Hall–Kier alpha value is -1.61. The van der Waals surface area contributed by atoms with Gasteiger partial charge in [-0.3, -0.25) is 14.5 Å². The van der Waals surface area contributed by atoms with Crippen molar-refractivity contribution in [3.8, 4) is 6.07 Å². The Balaban J connectivity index is 1.96. The van der Waals surface area contributed by atoms with Crippen LogP contribution in [0.4, 0.5) is 0 Å². The minimum atomic E-state index is -0.421. The lowest BCUT2D eigenvalue weighted by molar-refractivity contribution is -0.140. The molecule has 0 aliphatic carbocycles. The molecular formula is C15H24N4O2. The fraction of sp³-hybridized carbons (Fsp3) is 0.800. The van der Waals surface area contributed by atoms with Crippen LogP contribution in [0.5, 0.6) is 0 Å². The molecule has 2 saturated heterocycles. The quantitative estimate of drug-likeness (QED) is 0.812. The van der Waals surface area contributed by atoms with E-state index in [1.54, 1.807) is 0 Å². The molecule has 2 fully saturated rings. The molecule has 0 bridgehead atoms. The van der Waals surface area contributed by atoms with Crippen molar-refractivity contribution in [2.45, 2.75) is 32.6 Å². The van der Waals surface area contributed by atoms with Gasteiger partial charge < -0.3 is 10.6 Å². The second-order valence-corrected chi connectivity index (χ2v) is 6.58. The Kier molecular flexibility index (Phi) is 4.84. The monoisotopic (exact) mass is 292 g/mol. The summed E-state index contributed by atoms with van der Waals surface area (Å²) in [6, 6.07) is 2.34. The number of nitrogens with two attached hydrogens (primary N) is 1. The van der Waals surface area contributed by atoms with Crippen molar-refractivity contribution < 1.29 is 9.59 Å². The summed E-state index contributed by atoms with van der Waals surface area (Å²) in [7, 11) is 0. The van der Waals surface area contributed by atoms with Crippen LogP contribution in [0, 0.1) is 22.7 Å². The number of likely N-dealkylation sites (tertiary alicyclic amines) is 2. The predicted octanol–water partition coefficient (Wildman–Crippen LogP) is 0.336. The van der Waals surface area contributed by atoms with Crippen LogP contribution in [0.1, 0.15) is 32.6 Å². The van der Waals surface area contributed by atoms with Gasteiger partial charge in [0.25, 0.3) is 0 Å². The molecule has 0 aromatic heterocycles. The molecule has 21 heavy (non-hydrogen) atoms. The van der Waals surface area contributed by atoms with Crippen molar-refractivity contribution in [2.24, 2.45) is 17.1 Å². The number of nitriles is 1. The Morgan fingerprint density at radius 2 is 2.14 bits per heavy atom. The van der Waals surface area contributed by atoms with Crippen LogP contribution in [-0.4, -0.2) is 54.3 Å². The molecule has 2 unspecified atom stereocenters. The van der Waals surface area contributed by atoms with Crippen molar-refractivity contribution in [3.63, 3.8) is 0 Å². The summed E-state index contributed by atoms with van der Waals surface area (Å²) in [5.74, 6) is -0.289. The van der Waals surface area contributed by atoms with Crippen LogP contribution < -0.4 is 5.73 Å². The van der Waals surface area contributed by atoms with E-state index in [0.717, 1.165) is 38.8 Å². The molecular weight excluding hydrogens is 268 g/mol. The molecule has 6 heteroatoms. The SMILES string of the molecule is CC1(C#N)CCCN(C(=O)C2CCCN(CC(N)=O)C2)C1. The molecule has 2 rings (SSSR count). The number of hydrogen-bond acceptors (Lipinski definition) is 4. The third-order valence-corrected chi connectivity index (χ3v) is 4.51. The van der Waals surface area contributed by atoms with E-state index in [-0.39, 0.29) is 24.3 Å². The van der Waals surface area contributed by atoms with Crippen molar-refractivity contribution in [1.29, 1.82) is 5.26 Å². The number of hydrogen-bond donors (Lipinski definition) is 1. The molecule has 0 aromatic rings. The summed E-state index contributed by atoms with van der Waals surface area (Å²) in [6.07, 6.45) is 3.50. The second kappa shape index (κ2) is 6.44. The van der Waals surface area contributed by atoms with E-state index in [1.165, 1.54) is 0 Å². The Bertz CT molecular complexity index is 459. The Morgan fingerprint density at radius 3 is 2.81 bits per heavy atom. The second-order valence-electron chi connectivity index (χ2n) is 6.58. The highest BCUT2D eigenvalue weighted by molar-refractivity contribution is 5.80. The molecule has 2 heterocycles. The summed E-state index contributed by atoms with van der Waals surface area (Å²) in [6.45, 7) is 4.83. The Labute approximate surface area is 125 Å². The van der Waals surface area contributed by atoms with Crippen LogP contribution in [0.15, 0.2) is 0 Å². The molecule has 2 atom stereocenters. The summed E-state index contributed by atoms with van der Waals surface area (Å²) in [4.78, 5) is 27.5. The van der Waals surface area contributed by atoms with Gasteiger partial charge in [-0.25, -0.2) is 0 Å². The van der Waals surface area contributed by atoms with Gasteiger partial charge in [-0.1, -0.05) is 0 Å².